The molecule has 0 aromatic heterocycles. The van der Waals surface area contributed by atoms with E-state index in [1.54, 1.807) is 54.2 Å². The summed E-state index contributed by atoms with van der Waals surface area (Å²) in [7, 11) is -3.90. The van der Waals surface area contributed by atoms with E-state index in [0.29, 0.717) is 11.4 Å². The molecule has 0 saturated carbocycles. The second-order valence-corrected chi connectivity index (χ2v) is 9.18. The van der Waals surface area contributed by atoms with Crippen LogP contribution in [0.25, 0.3) is 0 Å². The molecule has 3 aromatic carbocycles. The van der Waals surface area contributed by atoms with Gasteiger partial charge in [-0.1, -0.05) is 35.9 Å². The van der Waals surface area contributed by atoms with Gasteiger partial charge in [0.15, 0.2) is 0 Å². The highest BCUT2D eigenvalue weighted by atomic mass is 32.2. The van der Waals surface area contributed by atoms with Crippen molar-refractivity contribution in [3.8, 4) is 0 Å². The number of thioether (sulfide) groups is 1. The van der Waals surface area contributed by atoms with E-state index in [-0.39, 0.29) is 11.4 Å². The summed E-state index contributed by atoms with van der Waals surface area (Å²) < 4.78 is 27.6. The molecule has 0 unspecified atom stereocenters. The van der Waals surface area contributed by atoms with Crippen LogP contribution in [0.4, 0.5) is 11.4 Å². The Morgan fingerprint density at radius 1 is 0.931 bits per heavy atom. The summed E-state index contributed by atoms with van der Waals surface area (Å²) in [5, 5.41) is 2.77. The average molecular weight is 427 g/mol. The molecule has 0 spiro atoms. The number of carbonyl (C=O) groups is 1. The van der Waals surface area contributed by atoms with Crippen molar-refractivity contribution in [2.75, 3.05) is 22.4 Å². The molecule has 0 radical (unpaired) electrons. The van der Waals surface area contributed by atoms with Crippen molar-refractivity contribution in [2.45, 2.75) is 16.7 Å². The predicted molar refractivity (Wildman–Crippen MR) is 119 cm³/mol. The van der Waals surface area contributed by atoms with Crippen LogP contribution in [0, 0.1) is 6.92 Å². The Labute approximate surface area is 175 Å². The Morgan fingerprint density at radius 3 is 2.14 bits per heavy atom. The molecule has 0 aliphatic heterocycles. The number of carbonyl (C=O) groups excluding carboxylic acids is 1. The summed E-state index contributed by atoms with van der Waals surface area (Å²) >= 11 is 1.61. The quantitative estimate of drug-likeness (QED) is 0.563. The Balaban J connectivity index is 1.88. The minimum absolute atomic E-state index is 0.137. The molecule has 29 heavy (non-hydrogen) atoms. The van der Waals surface area contributed by atoms with Crippen LogP contribution in [-0.2, 0) is 14.8 Å². The third-order valence-corrected chi connectivity index (χ3v) is 6.85. The lowest BCUT2D eigenvalue weighted by Crippen LogP contribution is -2.38. The molecular formula is C22H22N2O3S2. The average Bonchev–Trinajstić information content (AvgIpc) is 2.74. The van der Waals surface area contributed by atoms with Gasteiger partial charge in [-0.3, -0.25) is 9.10 Å². The van der Waals surface area contributed by atoms with E-state index in [1.807, 2.05) is 37.4 Å². The van der Waals surface area contributed by atoms with E-state index in [4.69, 9.17) is 0 Å². The number of hydrogen-bond donors (Lipinski definition) is 1. The minimum Gasteiger partial charge on any atom is -0.325 e. The van der Waals surface area contributed by atoms with Crippen LogP contribution >= 0.6 is 11.8 Å². The van der Waals surface area contributed by atoms with Crippen molar-refractivity contribution >= 4 is 39.1 Å². The van der Waals surface area contributed by atoms with Crippen LogP contribution < -0.4 is 9.62 Å². The second kappa shape index (κ2) is 9.15. The van der Waals surface area contributed by atoms with Gasteiger partial charge >= 0.3 is 0 Å². The highest BCUT2D eigenvalue weighted by Crippen LogP contribution is 2.24. The zero-order valence-corrected chi connectivity index (χ0v) is 17.8. The molecular weight excluding hydrogens is 404 g/mol. The molecule has 1 amide bonds. The first-order valence-corrected chi connectivity index (χ1v) is 11.6. The standard InChI is InChI=1S/C22H22N2O3S2/c1-17-8-12-19(13-9-17)24(29(26,27)21-6-4-3-5-7-21)16-22(25)23-18-10-14-20(28-2)15-11-18/h3-15H,16H2,1-2H3,(H,23,25). The summed E-state index contributed by atoms with van der Waals surface area (Å²) in [5.41, 5.74) is 2.06. The van der Waals surface area contributed by atoms with Gasteiger partial charge in [0.2, 0.25) is 5.91 Å². The van der Waals surface area contributed by atoms with Crippen molar-refractivity contribution in [3.63, 3.8) is 0 Å². The molecule has 1 N–H and O–H groups in total. The van der Waals surface area contributed by atoms with Crippen LogP contribution in [0.1, 0.15) is 5.56 Å². The van der Waals surface area contributed by atoms with Crippen molar-refractivity contribution < 1.29 is 13.2 Å². The van der Waals surface area contributed by atoms with Crippen LogP contribution in [0.2, 0.25) is 0 Å². The maximum atomic E-state index is 13.2. The SMILES string of the molecule is CSc1ccc(NC(=O)CN(c2ccc(C)cc2)S(=O)(=O)c2ccccc2)cc1. The summed E-state index contributed by atoms with van der Waals surface area (Å²) in [6.07, 6.45) is 1.97. The number of rotatable bonds is 7. The fourth-order valence-electron chi connectivity index (χ4n) is 2.75. The molecule has 5 nitrogen and oxygen atoms in total. The van der Waals surface area contributed by atoms with Gasteiger partial charge in [0.1, 0.15) is 6.54 Å². The van der Waals surface area contributed by atoms with Gasteiger partial charge in [-0.2, -0.15) is 0 Å². The first-order valence-electron chi connectivity index (χ1n) is 8.98. The second-order valence-electron chi connectivity index (χ2n) is 6.44. The summed E-state index contributed by atoms with van der Waals surface area (Å²) in [6, 6.07) is 22.6. The fraction of sp³-hybridized carbons (Fsp3) is 0.136. The van der Waals surface area contributed by atoms with E-state index in [9.17, 15) is 13.2 Å². The Morgan fingerprint density at radius 2 is 1.55 bits per heavy atom. The molecule has 150 valence electrons. The number of anilines is 2. The Bertz CT molecular complexity index is 1070. The Kier molecular flexibility index (Phi) is 6.61. The highest BCUT2D eigenvalue weighted by Gasteiger charge is 2.27. The minimum atomic E-state index is -3.90. The van der Waals surface area contributed by atoms with Gasteiger partial charge in [-0.15, -0.1) is 11.8 Å². The van der Waals surface area contributed by atoms with Gasteiger partial charge in [0.05, 0.1) is 10.6 Å². The zero-order valence-electron chi connectivity index (χ0n) is 16.2. The van der Waals surface area contributed by atoms with Crippen LogP contribution in [-0.4, -0.2) is 27.1 Å². The molecule has 7 heteroatoms. The van der Waals surface area contributed by atoms with Gasteiger partial charge in [0.25, 0.3) is 10.0 Å². The van der Waals surface area contributed by atoms with Crippen LogP contribution in [0.15, 0.2) is 88.7 Å². The number of nitrogens with one attached hydrogen (secondary N) is 1. The smallest absolute Gasteiger partial charge is 0.264 e. The normalized spacial score (nSPS) is 11.1. The van der Waals surface area contributed by atoms with Gasteiger partial charge < -0.3 is 5.32 Å². The number of aryl methyl sites for hydroxylation is 1. The molecule has 0 fully saturated rings. The summed E-state index contributed by atoms with van der Waals surface area (Å²) in [6.45, 7) is 1.59. The van der Waals surface area contributed by atoms with E-state index >= 15 is 0 Å². The van der Waals surface area contributed by atoms with Crippen LogP contribution in [0.5, 0.6) is 0 Å². The number of hydrogen-bond acceptors (Lipinski definition) is 4. The lowest BCUT2D eigenvalue weighted by atomic mass is 10.2. The maximum Gasteiger partial charge on any atom is 0.264 e. The molecule has 0 bridgehead atoms. The number of nitrogens with zero attached hydrogens (tertiary/aromatic N) is 1. The molecule has 0 aliphatic carbocycles. The van der Waals surface area contributed by atoms with Crippen molar-refractivity contribution in [1.29, 1.82) is 0 Å². The van der Waals surface area contributed by atoms with E-state index in [1.165, 1.54) is 12.1 Å². The van der Waals surface area contributed by atoms with E-state index < -0.39 is 15.9 Å². The lowest BCUT2D eigenvalue weighted by molar-refractivity contribution is -0.114. The number of sulfonamides is 1. The number of amides is 1. The fourth-order valence-corrected chi connectivity index (χ4v) is 4.60. The first-order chi connectivity index (χ1) is 13.9. The van der Waals surface area contributed by atoms with E-state index in [0.717, 1.165) is 14.8 Å². The molecule has 0 heterocycles. The molecule has 0 aliphatic rings. The summed E-state index contributed by atoms with van der Waals surface area (Å²) in [4.78, 5) is 13.9. The molecule has 3 aromatic rings. The Hall–Kier alpha value is -2.77. The van der Waals surface area contributed by atoms with Gasteiger partial charge in [-0.05, 0) is 61.7 Å². The van der Waals surface area contributed by atoms with Crippen LogP contribution in [0.3, 0.4) is 0 Å². The third-order valence-electron chi connectivity index (χ3n) is 4.31. The number of benzene rings is 3. The van der Waals surface area contributed by atoms with Gasteiger partial charge in [-0.25, -0.2) is 8.42 Å². The lowest BCUT2D eigenvalue weighted by Gasteiger charge is -2.24. The first kappa shape index (κ1) is 21.0. The van der Waals surface area contributed by atoms with E-state index in [2.05, 4.69) is 5.32 Å². The van der Waals surface area contributed by atoms with Gasteiger partial charge in [0, 0.05) is 10.6 Å². The third kappa shape index (κ3) is 5.19. The highest BCUT2D eigenvalue weighted by molar-refractivity contribution is 7.98. The zero-order chi connectivity index (χ0) is 20.9. The van der Waals surface area contributed by atoms with Crippen molar-refractivity contribution in [3.05, 3.63) is 84.4 Å². The van der Waals surface area contributed by atoms with Crippen molar-refractivity contribution in [2.24, 2.45) is 0 Å². The molecule has 0 atom stereocenters. The van der Waals surface area contributed by atoms with Crippen molar-refractivity contribution in [1.82, 2.24) is 0 Å². The molecule has 0 saturated heterocycles. The molecule has 3 rings (SSSR count). The topological polar surface area (TPSA) is 66.5 Å². The predicted octanol–water partition coefficient (Wildman–Crippen LogP) is 4.55. The summed E-state index contributed by atoms with van der Waals surface area (Å²) in [5.74, 6) is -0.415. The largest absolute Gasteiger partial charge is 0.325 e. The maximum absolute atomic E-state index is 13.2. The monoisotopic (exact) mass is 426 g/mol.